The molecule has 0 radical (unpaired) electrons. The number of carbonyl (C=O) groups excluding carboxylic acids is 1. The van der Waals surface area contributed by atoms with Crippen LogP contribution < -0.4 is 5.32 Å². The topological polar surface area (TPSA) is 64.1 Å². The van der Waals surface area contributed by atoms with Crippen molar-refractivity contribution in [1.82, 2.24) is 9.97 Å². The van der Waals surface area contributed by atoms with E-state index in [0.717, 1.165) is 0 Å². The highest BCUT2D eigenvalue weighted by atomic mass is 16.5. The highest BCUT2D eigenvalue weighted by molar-refractivity contribution is 5.69. The Bertz CT molecular complexity index is 277. The van der Waals surface area contributed by atoms with Gasteiger partial charge in [-0.2, -0.15) is 0 Å². The summed E-state index contributed by atoms with van der Waals surface area (Å²) in [7, 11) is 0. The van der Waals surface area contributed by atoms with E-state index in [1.807, 2.05) is 0 Å². The lowest BCUT2D eigenvalue weighted by molar-refractivity contribution is -0.142. The molecule has 0 aliphatic rings. The van der Waals surface area contributed by atoms with E-state index in [0.29, 0.717) is 25.5 Å². The number of hydrogen-bond donors (Lipinski definition) is 1. The summed E-state index contributed by atoms with van der Waals surface area (Å²) in [5, 5.41) is 2.91. The lowest BCUT2D eigenvalue weighted by Gasteiger charge is -2.03. The number of anilines is 1. The molecule has 1 rings (SSSR count). The minimum Gasteiger partial charge on any atom is -0.466 e. The average Bonchev–Trinajstić information content (AvgIpc) is 2.20. The SMILES string of the molecule is CCOC(=O)CCNc1ncccn1. The van der Waals surface area contributed by atoms with E-state index in [2.05, 4.69) is 15.3 Å². The number of esters is 1. The molecule has 0 aliphatic carbocycles. The van der Waals surface area contributed by atoms with Gasteiger partial charge in [-0.25, -0.2) is 9.97 Å². The molecule has 1 aromatic heterocycles. The maximum atomic E-state index is 10.9. The van der Waals surface area contributed by atoms with E-state index in [-0.39, 0.29) is 5.97 Å². The van der Waals surface area contributed by atoms with Gasteiger partial charge in [-0.3, -0.25) is 4.79 Å². The second kappa shape index (κ2) is 5.90. The largest absolute Gasteiger partial charge is 0.466 e. The quantitative estimate of drug-likeness (QED) is 0.705. The van der Waals surface area contributed by atoms with Gasteiger partial charge < -0.3 is 10.1 Å². The molecule has 0 fully saturated rings. The molecule has 0 aromatic carbocycles. The lowest BCUT2D eigenvalue weighted by atomic mass is 10.4. The number of nitrogens with zero attached hydrogens (tertiary/aromatic N) is 2. The number of hydrogen-bond acceptors (Lipinski definition) is 5. The molecule has 5 heteroatoms. The van der Waals surface area contributed by atoms with Crippen molar-refractivity contribution >= 4 is 11.9 Å². The van der Waals surface area contributed by atoms with Crippen LogP contribution >= 0.6 is 0 Å². The first-order chi connectivity index (χ1) is 6.83. The van der Waals surface area contributed by atoms with Crippen LogP contribution in [0.4, 0.5) is 5.95 Å². The Kier molecular flexibility index (Phi) is 4.40. The third kappa shape index (κ3) is 3.84. The Labute approximate surface area is 82.5 Å². The van der Waals surface area contributed by atoms with E-state index in [1.165, 1.54) is 0 Å². The molecule has 0 unspecified atom stereocenters. The number of aromatic nitrogens is 2. The monoisotopic (exact) mass is 195 g/mol. The maximum absolute atomic E-state index is 10.9. The molecule has 0 saturated heterocycles. The first-order valence-electron chi connectivity index (χ1n) is 4.49. The van der Waals surface area contributed by atoms with Crippen LogP contribution in [0.3, 0.4) is 0 Å². The highest BCUT2D eigenvalue weighted by Gasteiger charge is 2.00. The first kappa shape index (κ1) is 10.4. The van der Waals surface area contributed by atoms with Crippen LogP contribution in [-0.4, -0.2) is 29.1 Å². The smallest absolute Gasteiger partial charge is 0.307 e. The Hall–Kier alpha value is -1.65. The molecule has 0 spiro atoms. The van der Waals surface area contributed by atoms with Crippen LogP contribution in [0, 0.1) is 0 Å². The van der Waals surface area contributed by atoms with Gasteiger partial charge in [-0.1, -0.05) is 0 Å². The lowest BCUT2D eigenvalue weighted by Crippen LogP contribution is -2.12. The summed E-state index contributed by atoms with van der Waals surface area (Å²) in [5.74, 6) is 0.313. The van der Waals surface area contributed by atoms with E-state index < -0.39 is 0 Å². The Morgan fingerprint density at radius 1 is 1.50 bits per heavy atom. The normalized spacial score (nSPS) is 9.50. The summed E-state index contributed by atoms with van der Waals surface area (Å²) in [4.78, 5) is 18.8. The molecule has 76 valence electrons. The zero-order chi connectivity index (χ0) is 10.2. The standard InChI is InChI=1S/C9H13N3O2/c1-2-14-8(13)4-7-12-9-10-5-3-6-11-9/h3,5-6H,2,4,7H2,1H3,(H,10,11,12). The molecule has 14 heavy (non-hydrogen) atoms. The number of carbonyl (C=O) groups is 1. The number of nitrogens with one attached hydrogen (secondary N) is 1. The van der Waals surface area contributed by atoms with Crippen molar-refractivity contribution in [2.45, 2.75) is 13.3 Å². The number of ether oxygens (including phenoxy) is 1. The molecule has 1 heterocycles. The van der Waals surface area contributed by atoms with Crippen molar-refractivity contribution < 1.29 is 9.53 Å². The minimum absolute atomic E-state index is 0.212. The first-order valence-corrected chi connectivity index (χ1v) is 4.49. The fourth-order valence-corrected chi connectivity index (χ4v) is 0.900. The van der Waals surface area contributed by atoms with Gasteiger partial charge in [-0.05, 0) is 13.0 Å². The molecule has 5 nitrogen and oxygen atoms in total. The van der Waals surface area contributed by atoms with Crippen LogP contribution in [0.25, 0.3) is 0 Å². The fraction of sp³-hybridized carbons (Fsp3) is 0.444. The van der Waals surface area contributed by atoms with Crippen molar-refractivity contribution in [3.05, 3.63) is 18.5 Å². The van der Waals surface area contributed by atoms with Gasteiger partial charge in [0, 0.05) is 18.9 Å². The van der Waals surface area contributed by atoms with Crippen molar-refractivity contribution in [3.8, 4) is 0 Å². The molecule has 0 bridgehead atoms. The summed E-state index contributed by atoms with van der Waals surface area (Å²) in [5.41, 5.74) is 0. The van der Waals surface area contributed by atoms with Crippen LogP contribution in [0.1, 0.15) is 13.3 Å². The zero-order valence-corrected chi connectivity index (χ0v) is 8.06. The highest BCUT2D eigenvalue weighted by Crippen LogP contribution is 1.94. The third-order valence-corrected chi connectivity index (χ3v) is 1.48. The summed E-state index contributed by atoms with van der Waals surface area (Å²) in [6, 6.07) is 1.73. The molecule has 0 saturated carbocycles. The van der Waals surface area contributed by atoms with Gasteiger partial charge in [0.05, 0.1) is 13.0 Å². The molecule has 1 N–H and O–H groups in total. The van der Waals surface area contributed by atoms with Crippen LogP contribution in [0.15, 0.2) is 18.5 Å². The van der Waals surface area contributed by atoms with Crippen LogP contribution in [-0.2, 0) is 9.53 Å². The van der Waals surface area contributed by atoms with Gasteiger partial charge in [-0.15, -0.1) is 0 Å². The molecule has 0 atom stereocenters. The summed E-state index contributed by atoms with van der Waals surface area (Å²) in [6.07, 6.45) is 3.60. The van der Waals surface area contributed by atoms with Gasteiger partial charge in [0.15, 0.2) is 0 Å². The van der Waals surface area contributed by atoms with Crippen molar-refractivity contribution in [1.29, 1.82) is 0 Å². The van der Waals surface area contributed by atoms with Gasteiger partial charge in [0.1, 0.15) is 0 Å². The van der Waals surface area contributed by atoms with E-state index in [9.17, 15) is 4.79 Å². The average molecular weight is 195 g/mol. The molecule has 0 aliphatic heterocycles. The number of rotatable bonds is 5. The van der Waals surface area contributed by atoms with Gasteiger partial charge in [0.2, 0.25) is 5.95 Å². The van der Waals surface area contributed by atoms with E-state index in [1.54, 1.807) is 25.4 Å². The zero-order valence-electron chi connectivity index (χ0n) is 8.06. The van der Waals surface area contributed by atoms with Gasteiger partial charge in [0.25, 0.3) is 0 Å². The Balaban J connectivity index is 2.19. The second-order valence-electron chi connectivity index (χ2n) is 2.55. The second-order valence-corrected chi connectivity index (χ2v) is 2.55. The van der Waals surface area contributed by atoms with Crippen LogP contribution in [0.2, 0.25) is 0 Å². The Morgan fingerprint density at radius 2 is 2.21 bits per heavy atom. The predicted molar refractivity (Wildman–Crippen MR) is 51.8 cm³/mol. The van der Waals surface area contributed by atoms with Gasteiger partial charge >= 0.3 is 5.97 Å². The Morgan fingerprint density at radius 3 is 2.86 bits per heavy atom. The third-order valence-electron chi connectivity index (χ3n) is 1.48. The van der Waals surface area contributed by atoms with E-state index >= 15 is 0 Å². The fourth-order valence-electron chi connectivity index (χ4n) is 0.900. The summed E-state index contributed by atoms with van der Waals surface area (Å²) < 4.78 is 4.76. The summed E-state index contributed by atoms with van der Waals surface area (Å²) >= 11 is 0. The van der Waals surface area contributed by atoms with E-state index in [4.69, 9.17) is 4.74 Å². The van der Waals surface area contributed by atoms with Crippen molar-refractivity contribution in [2.75, 3.05) is 18.5 Å². The minimum atomic E-state index is -0.212. The van der Waals surface area contributed by atoms with Crippen molar-refractivity contribution in [3.63, 3.8) is 0 Å². The molecular weight excluding hydrogens is 182 g/mol. The summed E-state index contributed by atoms with van der Waals surface area (Å²) in [6.45, 7) is 2.69. The predicted octanol–water partition coefficient (Wildman–Crippen LogP) is 0.842. The van der Waals surface area contributed by atoms with Crippen molar-refractivity contribution in [2.24, 2.45) is 0 Å². The molecule has 1 aromatic rings. The maximum Gasteiger partial charge on any atom is 0.307 e. The molecular formula is C9H13N3O2. The molecule has 0 amide bonds. The van der Waals surface area contributed by atoms with Crippen LogP contribution in [0.5, 0.6) is 0 Å².